The molecule has 0 saturated heterocycles. The first-order valence-electron chi connectivity index (χ1n) is 7.67. The van der Waals surface area contributed by atoms with Crippen LogP contribution in [0, 0.1) is 0 Å². The Morgan fingerprint density at radius 2 is 2.28 bits per heavy atom. The molecule has 0 atom stereocenters. The first-order valence-corrected chi connectivity index (χ1v) is 9.64. The van der Waals surface area contributed by atoms with Gasteiger partial charge in [0.25, 0.3) is 0 Å². The summed E-state index contributed by atoms with van der Waals surface area (Å²) in [4.78, 5) is 17.5. The fraction of sp³-hybridized carbons (Fsp3) is 0.312. The van der Waals surface area contributed by atoms with Crippen LogP contribution in [-0.2, 0) is 17.8 Å². The molecule has 2 aromatic heterocycles. The maximum absolute atomic E-state index is 11.6. The quantitative estimate of drug-likeness (QED) is 0.361. The van der Waals surface area contributed by atoms with Crippen LogP contribution in [0.3, 0.4) is 0 Å². The van der Waals surface area contributed by atoms with Crippen molar-refractivity contribution in [3.05, 3.63) is 20.3 Å². The van der Waals surface area contributed by atoms with Gasteiger partial charge in [0.05, 0.1) is 16.1 Å². The smallest absolute Gasteiger partial charge is 0.221 e. The molecule has 0 unspecified atom stereocenters. The topological polar surface area (TPSA) is 77.8 Å². The number of hydrogen-bond donors (Lipinski definition) is 2. The zero-order valence-corrected chi connectivity index (χ0v) is 16.1. The molecule has 2 aromatic rings. The van der Waals surface area contributed by atoms with Gasteiger partial charge in [-0.15, -0.1) is 22.7 Å². The molecule has 3 heterocycles. The molecule has 0 bridgehead atoms. The number of thiazole rings is 1. The number of carbonyl (C=O) groups excluding carboxylic acids is 1. The minimum Gasteiger partial charge on any atom is -0.411 e. The summed E-state index contributed by atoms with van der Waals surface area (Å²) in [5.41, 5.74) is 2.18. The van der Waals surface area contributed by atoms with E-state index in [1.165, 1.54) is 30.0 Å². The maximum Gasteiger partial charge on any atom is 0.221 e. The lowest BCUT2D eigenvalue weighted by molar-refractivity contribution is -0.114. The van der Waals surface area contributed by atoms with E-state index in [4.69, 9.17) is 22.0 Å². The number of oxime groups is 1. The van der Waals surface area contributed by atoms with Gasteiger partial charge in [-0.1, -0.05) is 11.2 Å². The van der Waals surface area contributed by atoms with Gasteiger partial charge in [-0.3, -0.25) is 4.79 Å². The Kier molecular flexibility index (Phi) is 5.53. The molecule has 6 nitrogen and oxygen atoms in total. The highest BCUT2D eigenvalue weighted by Crippen LogP contribution is 2.43. The highest BCUT2D eigenvalue weighted by molar-refractivity contribution is 7.18. The number of aromatic nitrogens is 1. The average Bonchev–Trinajstić information content (AvgIpc) is 3.11. The summed E-state index contributed by atoms with van der Waals surface area (Å²) >= 11 is 9.21. The van der Waals surface area contributed by atoms with Gasteiger partial charge in [-0.2, -0.15) is 0 Å². The summed E-state index contributed by atoms with van der Waals surface area (Å²) in [7, 11) is 0. The van der Waals surface area contributed by atoms with Crippen LogP contribution < -0.4 is 15.2 Å². The average molecular weight is 397 g/mol. The van der Waals surface area contributed by atoms with Crippen molar-refractivity contribution in [1.29, 1.82) is 0 Å². The van der Waals surface area contributed by atoms with Crippen LogP contribution in [0.2, 0.25) is 0 Å². The van der Waals surface area contributed by atoms with Crippen molar-refractivity contribution in [2.75, 3.05) is 11.9 Å². The minimum atomic E-state index is -0.111. The molecule has 0 saturated carbocycles. The lowest BCUT2D eigenvalue weighted by atomic mass is 10.0. The van der Waals surface area contributed by atoms with Crippen LogP contribution in [0.4, 0.5) is 5.00 Å². The summed E-state index contributed by atoms with van der Waals surface area (Å²) in [6, 6.07) is 0. The molecule has 25 heavy (non-hydrogen) atoms. The van der Waals surface area contributed by atoms with Crippen LogP contribution in [0.1, 0.15) is 24.3 Å². The molecule has 0 aliphatic carbocycles. The number of thiophene rings is 1. The van der Waals surface area contributed by atoms with E-state index in [1.807, 2.05) is 13.0 Å². The van der Waals surface area contributed by atoms with E-state index >= 15 is 0 Å². The summed E-state index contributed by atoms with van der Waals surface area (Å²) < 4.78 is 2.66. The normalized spacial score (nSPS) is 16.6. The Hall–Kier alpha value is -1.74. The number of rotatable bonds is 3. The lowest BCUT2D eigenvalue weighted by Gasteiger charge is -2.19. The maximum atomic E-state index is 11.6. The predicted octanol–water partition coefficient (Wildman–Crippen LogP) is 2.38. The van der Waals surface area contributed by atoms with Crippen molar-refractivity contribution in [3.8, 4) is 10.6 Å². The van der Waals surface area contributed by atoms with E-state index in [-0.39, 0.29) is 5.91 Å². The number of nitrogens with one attached hydrogen (secondary N) is 1. The molecule has 0 radical (unpaired) electrons. The van der Waals surface area contributed by atoms with Crippen LogP contribution in [0.5, 0.6) is 0 Å². The summed E-state index contributed by atoms with van der Waals surface area (Å²) in [5.74, 6) is -0.111. The summed E-state index contributed by atoms with van der Waals surface area (Å²) in [5, 5.41) is 17.1. The van der Waals surface area contributed by atoms with Gasteiger partial charge in [0, 0.05) is 30.5 Å². The number of fused-ring (bicyclic) bond motifs is 1. The SMILES string of the molecule is C/C=c1/nc(-c2c(NC(C)=O)sc3c2CCN(Cl)C3)s/c1=C/C=N/O. The number of anilines is 1. The second kappa shape index (κ2) is 7.65. The second-order valence-electron chi connectivity index (χ2n) is 5.47. The highest BCUT2D eigenvalue weighted by Gasteiger charge is 2.26. The zero-order chi connectivity index (χ0) is 18.0. The van der Waals surface area contributed by atoms with Crippen molar-refractivity contribution < 1.29 is 10.0 Å². The van der Waals surface area contributed by atoms with Crippen molar-refractivity contribution in [2.45, 2.75) is 26.8 Å². The number of halogens is 1. The van der Waals surface area contributed by atoms with Crippen LogP contribution in [-0.4, -0.2) is 33.3 Å². The fourth-order valence-corrected chi connectivity index (χ4v) is 5.45. The van der Waals surface area contributed by atoms with Gasteiger partial charge in [-0.05, 0) is 36.8 Å². The Morgan fingerprint density at radius 1 is 1.48 bits per heavy atom. The predicted molar refractivity (Wildman–Crippen MR) is 104 cm³/mol. The molecule has 0 aromatic carbocycles. The molecule has 3 rings (SSSR count). The molecule has 0 fully saturated rings. The van der Waals surface area contributed by atoms with Crippen LogP contribution in [0.25, 0.3) is 22.7 Å². The van der Waals surface area contributed by atoms with Gasteiger partial charge in [0.2, 0.25) is 5.91 Å². The molecule has 1 aliphatic heterocycles. The van der Waals surface area contributed by atoms with Crippen molar-refractivity contribution in [2.24, 2.45) is 5.16 Å². The number of nitrogens with zero attached hydrogens (tertiary/aromatic N) is 3. The first kappa shape index (κ1) is 18.1. The molecule has 1 amide bonds. The highest BCUT2D eigenvalue weighted by atomic mass is 35.5. The van der Waals surface area contributed by atoms with Gasteiger partial charge >= 0.3 is 0 Å². The van der Waals surface area contributed by atoms with Gasteiger partial charge in [0.1, 0.15) is 10.0 Å². The second-order valence-corrected chi connectivity index (χ2v) is 8.09. The van der Waals surface area contributed by atoms with E-state index in [9.17, 15) is 4.79 Å². The van der Waals surface area contributed by atoms with E-state index in [1.54, 1.807) is 21.8 Å². The lowest BCUT2D eigenvalue weighted by Crippen LogP contribution is -2.21. The van der Waals surface area contributed by atoms with E-state index in [0.717, 1.165) is 43.3 Å². The third-order valence-corrected chi connectivity index (χ3v) is 6.24. The van der Waals surface area contributed by atoms with Crippen LogP contribution in [0.15, 0.2) is 5.16 Å². The number of hydrogen-bond acceptors (Lipinski definition) is 7. The van der Waals surface area contributed by atoms with Crippen molar-refractivity contribution in [3.63, 3.8) is 0 Å². The zero-order valence-electron chi connectivity index (χ0n) is 13.7. The van der Waals surface area contributed by atoms with E-state index in [0.29, 0.717) is 6.54 Å². The summed E-state index contributed by atoms with van der Waals surface area (Å²) in [6.07, 6.45) is 5.77. The Labute approximate surface area is 157 Å². The molecular weight excluding hydrogens is 380 g/mol. The van der Waals surface area contributed by atoms with E-state index in [2.05, 4.69) is 10.5 Å². The van der Waals surface area contributed by atoms with Gasteiger partial charge in [0.15, 0.2) is 0 Å². The molecule has 0 spiro atoms. The van der Waals surface area contributed by atoms with Crippen molar-refractivity contribution in [1.82, 2.24) is 9.40 Å². The van der Waals surface area contributed by atoms with E-state index < -0.39 is 0 Å². The molecule has 2 N–H and O–H groups in total. The van der Waals surface area contributed by atoms with Gasteiger partial charge < -0.3 is 10.5 Å². The fourth-order valence-electron chi connectivity index (χ4n) is 2.72. The largest absolute Gasteiger partial charge is 0.411 e. The minimum absolute atomic E-state index is 0.111. The monoisotopic (exact) mass is 396 g/mol. The first-order chi connectivity index (χ1) is 12.0. The molecule has 132 valence electrons. The standard InChI is InChI=1S/C16H17ClN4O2S2/c1-3-11-12(4-6-18-23)24-16(20-11)14-10-5-7-21(17)8-13(10)25-15(14)19-9(2)22/h3-4,6,23H,5,7-8H2,1-2H3,(H,19,22)/b11-3+,12-4+,18-6+. The Bertz CT molecular complexity index is 948. The number of carbonyl (C=O) groups is 1. The van der Waals surface area contributed by atoms with Crippen LogP contribution >= 0.6 is 34.5 Å². The number of amides is 1. The van der Waals surface area contributed by atoms with Gasteiger partial charge in [-0.25, -0.2) is 9.40 Å². The summed E-state index contributed by atoms with van der Waals surface area (Å²) in [6.45, 7) is 4.82. The Balaban J connectivity index is 2.19. The molecule has 9 heteroatoms. The molecular formula is C16H17ClN4O2S2. The molecule has 1 aliphatic rings. The third-order valence-electron chi connectivity index (χ3n) is 3.76. The third kappa shape index (κ3) is 3.77. The van der Waals surface area contributed by atoms with Crippen molar-refractivity contribution >= 4 is 63.7 Å². The Morgan fingerprint density at radius 3 is 2.96 bits per heavy atom.